The van der Waals surface area contributed by atoms with E-state index in [0.717, 1.165) is 23.5 Å². The van der Waals surface area contributed by atoms with Gasteiger partial charge in [0.1, 0.15) is 11.5 Å². The molecule has 0 bridgehead atoms. The molecule has 2 rings (SSSR count). The summed E-state index contributed by atoms with van der Waals surface area (Å²) in [7, 11) is 0. The zero-order chi connectivity index (χ0) is 10.7. The molecule has 3 heteroatoms. The molecule has 1 aliphatic rings. The second kappa shape index (κ2) is 4.53. The predicted octanol–water partition coefficient (Wildman–Crippen LogP) is 2.29. The van der Waals surface area contributed by atoms with Gasteiger partial charge >= 0.3 is 0 Å². The lowest BCUT2D eigenvalue weighted by Gasteiger charge is -2.22. The molecular weight excluding hydrogens is 192 g/mol. The van der Waals surface area contributed by atoms with Crippen LogP contribution in [0, 0.1) is 0 Å². The number of aliphatic hydroxyl groups excluding tert-OH is 1. The Morgan fingerprint density at radius 1 is 1.53 bits per heavy atom. The highest BCUT2D eigenvalue weighted by atomic mass is 16.5. The molecule has 3 nitrogen and oxygen atoms in total. The number of ether oxygens (including phenoxy) is 2. The van der Waals surface area contributed by atoms with E-state index in [0.29, 0.717) is 19.6 Å². The Hall–Kier alpha value is -1.22. The third-order valence-corrected chi connectivity index (χ3v) is 2.46. The van der Waals surface area contributed by atoms with Crippen molar-refractivity contribution in [2.45, 2.75) is 25.9 Å². The van der Waals surface area contributed by atoms with E-state index < -0.39 is 6.10 Å². The first-order valence-electron chi connectivity index (χ1n) is 5.39. The maximum absolute atomic E-state index is 9.78. The average molecular weight is 208 g/mol. The minimum absolute atomic E-state index is 0.418. The molecule has 1 aromatic rings. The molecule has 82 valence electrons. The lowest BCUT2D eigenvalue weighted by atomic mass is 10.0. The molecule has 0 amide bonds. The fourth-order valence-electron chi connectivity index (χ4n) is 1.66. The molecule has 1 heterocycles. The Morgan fingerprint density at radius 3 is 3.20 bits per heavy atom. The summed E-state index contributed by atoms with van der Waals surface area (Å²) < 4.78 is 10.9. The Morgan fingerprint density at radius 2 is 2.40 bits per heavy atom. The minimum atomic E-state index is -0.418. The monoisotopic (exact) mass is 208 g/mol. The number of aliphatic hydroxyl groups is 1. The van der Waals surface area contributed by atoms with Crippen molar-refractivity contribution in [1.82, 2.24) is 0 Å². The minimum Gasteiger partial charge on any atom is -0.494 e. The summed E-state index contributed by atoms with van der Waals surface area (Å²) in [5.41, 5.74) is 0.842. The van der Waals surface area contributed by atoms with Crippen LogP contribution < -0.4 is 9.47 Å². The molecule has 0 spiro atoms. The SMILES string of the molecule is CCCOc1ccc2c(c1)C(O)CCO2. The summed E-state index contributed by atoms with van der Waals surface area (Å²) in [5.74, 6) is 1.58. The second-order valence-corrected chi connectivity index (χ2v) is 3.70. The van der Waals surface area contributed by atoms with Crippen LogP contribution in [0.25, 0.3) is 0 Å². The van der Waals surface area contributed by atoms with E-state index in [1.54, 1.807) is 0 Å². The van der Waals surface area contributed by atoms with Gasteiger partial charge in [0.2, 0.25) is 0 Å². The number of hydrogen-bond acceptors (Lipinski definition) is 3. The van der Waals surface area contributed by atoms with Crippen molar-refractivity contribution in [3.8, 4) is 11.5 Å². The number of benzene rings is 1. The first-order valence-corrected chi connectivity index (χ1v) is 5.39. The van der Waals surface area contributed by atoms with E-state index >= 15 is 0 Å². The van der Waals surface area contributed by atoms with Crippen LogP contribution in [-0.4, -0.2) is 18.3 Å². The van der Waals surface area contributed by atoms with Crippen LogP contribution in [-0.2, 0) is 0 Å². The molecular formula is C12H16O3. The molecule has 0 aromatic heterocycles. The summed E-state index contributed by atoms with van der Waals surface area (Å²) in [6.07, 6.45) is 1.22. The zero-order valence-corrected chi connectivity index (χ0v) is 8.90. The van der Waals surface area contributed by atoms with Crippen LogP contribution in [0.3, 0.4) is 0 Å². The number of hydrogen-bond donors (Lipinski definition) is 1. The van der Waals surface area contributed by atoms with Crippen LogP contribution in [0.15, 0.2) is 18.2 Å². The van der Waals surface area contributed by atoms with Gasteiger partial charge in [0.05, 0.1) is 19.3 Å². The molecule has 0 saturated heterocycles. The summed E-state index contributed by atoms with van der Waals surface area (Å²) in [6.45, 7) is 3.36. The van der Waals surface area contributed by atoms with E-state index in [2.05, 4.69) is 6.92 Å². The van der Waals surface area contributed by atoms with Gasteiger partial charge in [-0.05, 0) is 24.6 Å². The Bertz CT molecular complexity index is 336. The van der Waals surface area contributed by atoms with Gasteiger partial charge in [0.25, 0.3) is 0 Å². The van der Waals surface area contributed by atoms with Crippen molar-refractivity contribution in [3.63, 3.8) is 0 Å². The van der Waals surface area contributed by atoms with Gasteiger partial charge in [0.15, 0.2) is 0 Å². The Kier molecular flexibility index (Phi) is 3.11. The Balaban J connectivity index is 2.19. The largest absolute Gasteiger partial charge is 0.494 e. The topological polar surface area (TPSA) is 38.7 Å². The van der Waals surface area contributed by atoms with Crippen molar-refractivity contribution in [1.29, 1.82) is 0 Å². The van der Waals surface area contributed by atoms with Crippen LogP contribution in [0.4, 0.5) is 0 Å². The standard InChI is InChI=1S/C12H16O3/c1-2-6-14-9-3-4-12-10(8-9)11(13)5-7-15-12/h3-4,8,11,13H,2,5-7H2,1H3. The highest BCUT2D eigenvalue weighted by molar-refractivity contribution is 5.42. The normalized spacial score (nSPS) is 19.2. The van der Waals surface area contributed by atoms with Gasteiger partial charge in [-0.15, -0.1) is 0 Å². The van der Waals surface area contributed by atoms with E-state index in [4.69, 9.17) is 9.47 Å². The van der Waals surface area contributed by atoms with E-state index in [1.165, 1.54) is 0 Å². The van der Waals surface area contributed by atoms with Crippen LogP contribution in [0.1, 0.15) is 31.4 Å². The fraction of sp³-hybridized carbons (Fsp3) is 0.500. The van der Waals surface area contributed by atoms with Crippen LogP contribution >= 0.6 is 0 Å². The quantitative estimate of drug-likeness (QED) is 0.828. The molecule has 0 radical (unpaired) electrons. The third kappa shape index (κ3) is 2.23. The highest BCUT2D eigenvalue weighted by Crippen LogP contribution is 2.34. The zero-order valence-electron chi connectivity index (χ0n) is 8.90. The summed E-state index contributed by atoms with van der Waals surface area (Å²) in [6, 6.07) is 5.62. The summed E-state index contributed by atoms with van der Waals surface area (Å²) >= 11 is 0. The van der Waals surface area contributed by atoms with Crippen molar-refractivity contribution < 1.29 is 14.6 Å². The van der Waals surface area contributed by atoms with Crippen LogP contribution in [0.2, 0.25) is 0 Å². The van der Waals surface area contributed by atoms with Crippen molar-refractivity contribution in [3.05, 3.63) is 23.8 Å². The molecule has 1 atom stereocenters. The molecule has 0 fully saturated rings. The third-order valence-electron chi connectivity index (χ3n) is 2.46. The molecule has 0 saturated carbocycles. The van der Waals surface area contributed by atoms with E-state index in [-0.39, 0.29) is 0 Å². The first-order chi connectivity index (χ1) is 7.31. The average Bonchev–Trinajstić information content (AvgIpc) is 2.27. The lowest BCUT2D eigenvalue weighted by Crippen LogP contribution is -2.13. The van der Waals surface area contributed by atoms with Crippen molar-refractivity contribution >= 4 is 0 Å². The van der Waals surface area contributed by atoms with Gasteiger partial charge in [-0.3, -0.25) is 0 Å². The number of fused-ring (bicyclic) bond motifs is 1. The van der Waals surface area contributed by atoms with Gasteiger partial charge in [-0.25, -0.2) is 0 Å². The van der Waals surface area contributed by atoms with Gasteiger partial charge < -0.3 is 14.6 Å². The molecule has 1 unspecified atom stereocenters. The fourth-order valence-corrected chi connectivity index (χ4v) is 1.66. The van der Waals surface area contributed by atoms with Crippen molar-refractivity contribution in [2.24, 2.45) is 0 Å². The highest BCUT2D eigenvalue weighted by Gasteiger charge is 2.19. The van der Waals surface area contributed by atoms with Crippen LogP contribution in [0.5, 0.6) is 11.5 Å². The van der Waals surface area contributed by atoms with E-state index in [9.17, 15) is 5.11 Å². The predicted molar refractivity (Wildman–Crippen MR) is 57.3 cm³/mol. The first kappa shape index (κ1) is 10.3. The molecule has 15 heavy (non-hydrogen) atoms. The second-order valence-electron chi connectivity index (χ2n) is 3.70. The molecule has 0 aliphatic carbocycles. The maximum atomic E-state index is 9.78. The maximum Gasteiger partial charge on any atom is 0.125 e. The summed E-state index contributed by atoms with van der Waals surface area (Å²) in [4.78, 5) is 0. The van der Waals surface area contributed by atoms with E-state index in [1.807, 2.05) is 18.2 Å². The summed E-state index contributed by atoms with van der Waals surface area (Å²) in [5, 5.41) is 9.78. The lowest BCUT2D eigenvalue weighted by molar-refractivity contribution is 0.115. The smallest absolute Gasteiger partial charge is 0.125 e. The van der Waals surface area contributed by atoms with Gasteiger partial charge in [-0.1, -0.05) is 6.92 Å². The molecule has 1 aromatic carbocycles. The molecule has 1 aliphatic heterocycles. The van der Waals surface area contributed by atoms with Crippen molar-refractivity contribution in [2.75, 3.05) is 13.2 Å². The molecule has 1 N–H and O–H groups in total. The van der Waals surface area contributed by atoms with Gasteiger partial charge in [-0.2, -0.15) is 0 Å². The Labute approximate surface area is 89.6 Å². The number of rotatable bonds is 3. The van der Waals surface area contributed by atoms with Gasteiger partial charge in [0, 0.05) is 12.0 Å².